The van der Waals surface area contributed by atoms with Crippen LogP contribution in [0.4, 0.5) is 5.95 Å². The van der Waals surface area contributed by atoms with E-state index in [-0.39, 0.29) is 0 Å². The van der Waals surface area contributed by atoms with Crippen molar-refractivity contribution in [3.8, 4) is 0 Å². The lowest BCUT2D eigenvalue weighted by Gasteiger charge is -2.42. The number of anilines is 1. The van der Waals surface area contributed by atoms with E-state index >= 15 is 0 Å². The molecule has 144 valence electrons. The predicted molar refractivity (Wildman–Crippen MR) is 111 cm³/mol. The molecule has 0 radical (unpaired) electrons. The van der Waals surface area contributed by atoms with Crippen LogP contribution in [0.2, 0.25) is 0 Å². The Bertz CT molecular complexity index is 861. The second-order valence-corrected chi connectivity index (χ2v) is 8.18. The third-order valence-electron chi connectivity index (χ3n) is 6.27. The van der Waals surface area contributed by atoms with Crippen molar-refractivity contribution in [3.05, 3.63) is 29.5 Å². The van der Waals surface area contributed by atoms with Crippen LogP contribution >= 0.6 is 0 Å². The number of nitrogens with one attached hydrogen (secondary N) is 2. The summed E-state index contributed by atoms with van der Waals surface area (Å²) in [5.41, 5.74) is 3.14. The molecule has 2 N–H and O–H groups in total. The van der Waals surface area contributed by atoms with E-state index in [1.807, 2.05) is 6.92 Å². The summed E-state index contributed by atoms with van der Waals surface area (Å²) in [4.78, 5) is 16.4. The SMILES string of the molecule is Cc1ccc2c(C)nc(NC3=NCN([C@H]4CCC[C@@H](C)[C@H]4C)CN3)nc2c1. The van der Waals surface area contributed by atoms with Gasteiger partial charge in [0.2, 0.25) is 11.9 Å². The van der Waals surface area contributed by atoms with Gasteiger partial charge in [-0.25, -0.2) is 15.0 Å². The van der Waals surface area contributed by atoms with Crippen molar-refractivity contribution in [1.29, 1.82) is 0 Å². The second-order valence-electron chi connectivity index (χ2n) is 8.18. The molecule has 1 saturated carbocycles. The zero-order valence-electron chi connectivity index (χ0n) is 16.8. The zero-order valence-corrected chi connectivity index (χ0v) is 16.8. The molecule has 6 nitrogen and oxygen atoms in total. The third-order valence-corrected chi connectivity index (χ3v) is 6.27. The van der Waals surface area contributed by atoms with Gasteiger partial charge in [0.25, 0.3) is 0 Å². The first-order chi connectivity index (χ1) is 13.0. The molecule has 6 heteroatoms. The number of aryl methyl sites for hydroxylation is 2. The zero-order chi connectivity index (χ0) is 19.0. The highest BCUT2D eigenvalue weighted by atomic mass is 15.4. The molecular weight excluding hydrogens is 336 g/mol. The summed E-state index contributed by atoms with van der Waals surface area (Å²) in [6.07, 6.45) is 3.95. The maximum Gasteiger partial charge on any atom is 0.230 e. The highest BCUT2D eigenvalue weighted by Gasteiger charge is 2.32. The van der Waals surface area contributed by atoms with Crippen molar-refractivity contribution in [3.63, 3.8) is 0 Å². The van der Waals surface area contributed by atoms with Gasteiger partial charge in [0.05, 0.1) is 24.5 Å². The van der Waals surface area contributed by atoms with E-state index in [1.54, 1.807) is 0 Å². The number of aliphatic imine (C=N–C) groups is 1. The third kappa shape index (κ3) is 3.76. The number of hydrogen-bond donors (Lipinski definition) is 2. The summed E-state index contributed by atoms with van der Waals surface area (Å²) < 4.78 is 0. The van der Waals surface area contributed by atoms with Crippen LogP contribution in [0.3, 0.4) is 0 Å². The van der Waals surface area contributed by atoms with Crippen molar-refractivity contribution in [1.82, 2.24) is 20.2 Å². The lowest BCUT2D eigenvalue weighted by molar-refractivity contribution is 0.0771. The fourth-order valence-corrected chi connectivity index (χ4v) is 4.38. The van der Waals surface area contributed by atoms with Crippen LogP contribution in [0, 0.1) is 25.7 Å². The van der Waals surface area contributed by atoms with Gasteiger partial charge in [0.15, 0.2) is 0 Å². The van der Waals surface area contributed by atoms with Crippen LogP contribution in [0.1, 0.15) is 44.4 Å². The summed E-state index contributed by atoms with van der Waals surface area (Å²) in [6, 6.07) is 6.90. The molecular formula is C21H30N6. The van der Waals surface area contributed by atoms with E-state index in [1.165, 1.54) is 24.8 Å². The molecule has 1 aromatic heterocycles. The molecule has 27 heavy (non-hydrogen) atoms. The fourth-order valence-electron chi connectivity index (χ4n) is 4.38. The molecule has 1 aliphatic heterocycles. The number of rotatable bonds is 2. The largest absolute Gasteiger partial charge is 0.343 e. The van der Waals surface area contributed by atoms with E-state index < -0.39 is 0 Å². The molecule has 2 aliphatic rings. The van der Waals surface area contributed by atoms with Gasteiger partial charge in [0.1, 0.15) is 0 Å². The summed E-state index contributed by atoms with van der Waals surface area (Å²) in [7, 11) is 0. The van der Waals surface area contributed by atoms with Gasteiger partial charge in [-0.1, -0.05) is 38.8 Å². The number of nitrogens with zero attached hydrogens (tertiary/aromatic N) is 4. The average molecular weight is 367 g/mol. The fraction of sp³-hybridized carbons (Fsp3) is 0.571. The molecule has 1 aromatic carbocycles. The van der Waals surface area contributed by atoms with Crippen molar-refractivity contribution < 1.29 is 0 Å². The van der Waals surface area contributed by atoms with Gasteiger partial charge in [-0.2, -0.15) is 0 Å². The standard InChI is InChI=1S/C21H30N6/c1-13-8-9-17-16(4)24-21(25-18(17)10-13)26-20-22-11-27(12-23-20)19-7-5-6-14(2)15(19)3/h8-10,14-15,19H,5-7,11-12H2,1-4H3,(H2,22,23,24,25,26)/t14-,15-,19+/m1/s1. The molecule has 0 saturated heterocycles. The van der Waals surface area contributed by atoms with Crippen molar-refractivity contribution in [2.75, 3.05) is 18.7 Å². The molecule has 3 atom stereocenters. The van der Waals surface area contributed by atoms with Crippen LogP contribution < -0.4 is 10.6 Å². The number of fused-ring (bicyclic) bond motifs is 1. The number of hydrogen-bond acceptors (Lipinski definition) is 6. The van der Waals surface area contributed by atoms with Gasteiger partial charge in [-0.15, -0.1) is 0 Å². The van der Waals surface area contributed by atoms with Gasteiger partial charge in [-0.05, 0) is 43.7 Å². The van der Waals surface area contributed by atoms with Gasteiger partial charge in [-0.3, -0.25) is 10.2 Å². The first-order valence-electron chi connectivity index (χ1n) is 10.1. The first-order valence-corrected chi connectivity index (χ1v) is 10.1. The molecule has 1 aliphatic carbocycles. The average Bonchev–Trinajstić information content (AvgIpc) is 2.64. The smallest absolute Gasteiger partial charge is 0.230 e. The monoisotopic (exact) mass is 366 g/mol. The van der Waals surface area contributed by atoms with Crippen LogP contribution in [0.5, 0.6) is 0 Å². The Balaban J connectivity index is 1.46. The van der Waals surface area contributed by atoms with E-state index in [2.05, 4.69) is 64.5 Å². The lowest BCUT2D eigenvalue weighted by atomic mass is 9.77. The topological polar surface area (TPSA) is 65.4 Å². The Morgan fingerprint density at radius 1 is 1.15 bits per heavy atom. The highest BCUT2D eigenvalue weighted by molar-refractivity contribution is 5.93. The molecule has 0 amide bonds. The summed E-state index contributed by atoms with van der Waals surface area (Å²) in [5, 5.41) is 7.77. The summed E-state index contributed by atoms with van der Waals surface area (Å²) in [6.45, 7) is 10.4. The minimum Gasteiger partial charge on any atom is -0.343 e. The lowest BCUT2D eigenvalue weighted by Crippen LogP contribution is -2.53. The molecule has 0 spiro atoms. The molecule has 1 fully saturated rings. The second kappa shape index (κ2) is 7.43. The highest BCUT2D eigenvalue weighted by Crippen LogP contribution is 2.32. The minimum atomic E-state index is 0.602. The van der Waals surface area contributed by atoms with Crippen molar-refractivity contribution in [2.45, 2.75) is 53.0 Å². The van der Waals surface area contributed by atoms with E-state index in [9.17, 15) is 0 Å². The maximum atomic E-state index is 4.71. The molecule has 2 heterocycles. The Morgan fingerprint density at radius 3 is 2.78 bits per heavy atom. The molecule has 2 aromatic rings. The number of guanidine groups is 1. The van der Waals surface area contributed by atoms with Gasteiger partial charge in [0, 0.05) is 11.4 Å². The van der Waals surface area contributed by atoms with Gasteiger partial charge >= 0.3 is 0 Å². The predicted octanol–water partition coefficient (Wildman–Crippen LogP) is 3.66. The number of benzene rings is 1. The van der Waals surface area contributed by atoms with E-state index in [0.717, 1.165) is 47.7 Å². The van der Waals surface area contributed by atoms with Crippen LogP contribution in [0.15, 0.2) is 23.2 Å². The quantitative estimate of drug-likeness (QED) is 0.849. The Kier molecular flexibility index (Phi) is 5.00. The number of aromatic nitrogens is 2. The van der Waals surface area contributed by atoms with Crippen LogP contribution in [-0.2, 0) is 0 Å². The van der Waals surface area contributed by atoms with E-state index in [4.69, 9.17) is 4.99 Å². The summed E-state index contributed by atoms with van der Waals surface area (Å²) >= 11 is 0. The Hall–Kier alpha value is -2.21. The summed E-state index contributed by atoms with van der Waals surface area (Å²) in [5.74, 6) is 2.88. The molecule has 0 unspecified atom stereocenters. The molecule has 0 bridgehead atoms. The minimum absolute atomic E-state index is 0.602. The molecule has 4 rings (SSSR count). The van der Waals surface area contributed by atoms with Gasteiger partial charge < -0.3 is 5.32 Å². The van der Waals surface area contributed by atoms with Crippen molar-refractivity contribution in [2.24, 2.45) is 16.8 Å². The maximum absolute atomic E-state index is 4.71. The normalized spacial score (nSPS) is 26.5. The Morgan fingerprint density at radius 2 is 2.00 bits per heavy atom. The first kappa shape index (κ1) is 18.2. The van der Waals surface area contributed by atoms with E-state index in [0.29, 0.717) is 12.0 Å². The van der Waals surface area contributed by atoms with Crippen LogP contribution in [0.25, 0.3) is 10.9 Å². The Labute approximate surface area is 161 Å². The van der Waals surface area contributed by atoms with Crippen LogP contribution in [-0.4, -0.2) is 40.2 Å². The van der Waals surface area contributed by atoms with Crippen molar-refractivity contribution >= 4 is 22.8 Å².